The number of halogens is 1. The Morgan fingerprint density at radius 2 is 0.706 bits per heavy atom. The number of carbonyl (C=O) groups excluding carboxylic acids is 2. The summed E-state index contributed by atoms with van der Waals surface area (Å²) < 4.78 is 34.5. The molecule has 0 amide bonds. The third-order valence-corrected chi connectivity index (χ3v) is 7.20. The molecule has 172 valence electrons. The van der Waals surface area contributed by atoms with Gasteiger partial charge in [0.2, 0.25) is 0 Å². The quantitative estimate of drug-likeness (QED) is 0.240. The van der Waals surface area contributed by atoms with E-state index in [0.717, 1.165) is 0 Å². The summed E-state index contributed by atoms with van der Waals surface area (Å²) in [5.41, 5.74) is 2.02. The molecule has 0 heterocycles. The Bertz CT molecular complexity index is 1240. The van der Waals surface area contributed by atoms with Crippen molar-refractivity contribution in [2.45, 2.75) is 0 Å². The van der Waals surface area contributed by atoms with Crippen LogP contribution in [0.1, 0.15) is 31.8 Å². The van der Waals surface area contributed by atoms with Crippen LogP contribution in [-0.2, 0) is 10.4 Å². The van der Waals surface area contributed by atoms with E-state index in [1.807, 2.05) is 0 Å². The highest BCUT2D eigenvalue weighted by molar-refractivity contribution is 7.79. The van der Waals surface area contributed by atoms with Crippen molar-refractivity contribution in [3.8, 4) is 0 Å². The summed E-state index contributed by atoms with van der Waals surface area (Å²) >= 11 is 0.0287. The molecule has 6 nitrogen and oxygen atoms in total. The van der Waals surface area contributed by atoms with Gasteiger partial charge in [0, 0.05) is 22.3 Å². The van der Waals surface area contributed by atoms with Crippen LogP contribution in [0.15, 0.2) is 109 Å². The van der Waals surface area contributed by atoms with E-state index in [9.17, 15) is 9.59 Å². The average Bonchev–Trinajstić information content (AvgIpc) is 2.83. The Balaban J connectivity index is 0.000000162. The first-order chi connectivity index (χ1) is 16.2. The highest BCUT2D eigenvalue weighted by Gasteiger charge is 2.28. The second-order valence-corrected chi connectivity index (χ2v) is 10.8. The fourth-order valence-corrected chi connectivity index (χ4v) is 5.40. The van der Waals surface area contributed by atoms with Gasteiger partial charge in [0.1, 0.15) is 0 Å². The summed E-state index contributed by atoms with van der Waals surface area (Å²) in [6, 6.07) is 35.3. The van der Waals surface area contributed by atoms with E-state index in [1.165, 1.54) is 7.14 Å². The number of benzene rings is 4. The molecule has 1 aliphatic rings. The van der Waals surface area contributed by atoms with Crippen LogP contribution in [0.5, 0.6) is 0 Å². The number of carbonyl (C=O) groups is 2. The Hall–Kier alpha value is -3.18. The SMILES string of the molecule is O=C1c2ccccc2C(=O)c2ccccc21.O=S(=O)(O)O.c1ccc([I+]c2ccccc2)cc1. The van der Waals surface area contributed by atoms with Gasteiger partial charge in [-0.3, -0.25) is 18.7 Å². The maximum absolute atomic E-state index is 12.1. The second-order valence-electron chi connectivity index (χ2n) is 6.88. The monoisotopic (exact) mass is 587 g/mol. The Morgan fingerprint density at radius 3 is 0.971 bits per heavy atom. The number of fused-ring (bicyclic) bond motifs is 2. The van der Waals surface area contributed by atoms with E-state index < -0.39 is 10.4 Å². The van der Waals surface area contributed by atoms with Crippen molar-refractivity contribution >= 4 is 22.0 Å². The van der Waals surface area contributed by atoms with Crippen molar-refractivity contribution in [1.29, 1.82) is 0 Å². The average molecular weight is 587 g/mol. The second kappa shape index (κ2) is 11.8. The largest absolute Gasteiger partial charge is 0.394 e. The molecule has 0 unspecified atom stereocenters. The molecule has 1 aliphatic carbocycles. The van der Waals surface area contributed by atoms with Crippen molar-refractivity contribution in [2.75, 3.05) is 0 Å². The van der Waals surface area contributed by atoms with Crippen LogP contribution in [0, 0.1) is 7.14 Å². The lowest BCUT2D eigenvalue weighted by Crippen LogP contribution is -3.61. The molecule has 0 saturated carbocycles. The highest BCUT2D eigenvalue weighted by Crippen LogP contribution is 2.26. The van der Waals surface area contributed by atoms with Gasteiger partial charge in [-0.15, -0.1) is 0 Å². The van der Waals surface area contributed by atoms with Crippen LogP contribution >= 0.6 is 0 Å². The van der Waals surface area contributed by atoms with Gasteiger partial charge in [-0.05, 0) is 24.3 Å². The molecule has 8 heteroatoms. The minimum Gasteiger partial charge on any atom is -0.289 e. The molecule has 0 aromatic heterocycles. The lowest BCUT2D eigenvalue weighted by molar-refractivity contribution is -0.597. The molecule has 0 fully saturated rings. The zero-order valence-corrected chi connectivity index (χ0v) is 20.7. The maximum atomic E-state index is 12.1. The van der Waals surface area contributed by atoms with Crippen molar-refractivity contribution in [1.82, 2.24) is 0 Å². The molecule has 0 atom stereocenters. The Kier molecular flexibility index (Phi) is 8.83. The molecule has 0 saturated heterocycles. The molecule has 5 rings (SSSR count). The molecule has 0 spiro atoms. The number of hydrogen-bond donors (Lipinski definition) is 2. The van der Waals surface area contributed by atoms with Gasteiger partial charge in [0.05, 0.1) is 0 Å². The summed E-state index contributed by atoms with van der Waals surface area (Å²) in [5, 5.41) is 0. The summed E-state index contributed by atoms with van der Waals surface area (Å²) in [6.07, 6.45) is 0. The van der Waals surface area contributed by atoms with E-state index in [-0.39, 0.29) is 32.8 Å². The van der Waals surface area contributed by atoms with Crippen molar-refractivity contribution in [2.24, 2.45) is 0 Å². The van der Waals surface area contributed by atoms with E-state index in [1.54, 1.807) is 48.5 Å². The van der Waals surface area contributed by atoms with Gasteiger partial charge in [-0.1, -0.05) is 84.9 Å². The Morgan fingerprint density at radius 1 is 0.471 bits per heavy atom. The molecular formula is C26H20IO6S+. The van der Waals surface area contributed by atoms with Crippen LogP contribution in [0.3, 0.4) is 0 Å². The fraction of sp³-hybridized carbons (Fsp3) is 0. The summed E-state index contributed by atoms with van der Waals surface area (Å²) in [6.45, 7) is 0. The van der Waals surface area contributed by atoms with Gasteiger partial charge in [0.25, 0.3) is 0 Å². The van der Waals surface area contributed by atoms with Crippen LogP contribution in [0.4, 0.5) is 0 Å². The minimum absolute atomic E-state index is 0.0287. The van der Waals surface area contributed by atoms with Crippen molar-refractivity contribution in [3.05, 3.63) is 139 Å². The number of hydrogen-bond acceptors (Lipinski definition) is 4. The fourth-order valence-electron chi connectivity index (χ4n) is 3.13. The lowest BCUT2D eigenvalue weighted by Gasteiger charge is -2.16. The third-order valence-electron chi connectivity index (χ3n) is 4.52. The van der Waals surface area contributed by atoms with Crippen LogP contribution in [0.2, 0.25) is 0 Å². The standard InChI is InChI=1S/C14H8O2.C12H10I.H2O4S/c15-13-9-5-1-2-6-10(9)14(16)12-8-4-3-7-11(12)13;1-3-7-11(8-4-1)13-12-9-5-2-6-10-12;1-5(2,3)4/h1-8H;1-10H;(H2,1,2,3,4)/q;+1;. The smallest absolute Gasteiger partial charge is 0.289 e. The predicted molar refractivity (Wildman–Crippen MR) is 124 cm³/mol. The molecule has 34 heavy (non-hydrogen) atoms. The van der Waals surface area contributed by atoms with Crippen LogP contribution in [-0.4, -0.2) is 29.1 Å². The molecule has 2 N–H and O–H groups in total. The molecule has 0 radical (unpaired) electrons. The first-order valence-electron chi connectivity index (χ1n) is 9.96. The van der Waals surface area contributed by atoms with E-state index in [0.29, 0.717) is 22.3 Å². The van der Waals surface area contributed by atoms with Gasteiger partial charge < -0.3 is 0 Å². The van der Waals surface area contributed by atoms with E-state index in [2.05, 4.69) is 60.7 Å². The van der Waals surface area contributed by atoms with Crippen LogP contribution in [0.25, 0.3) is 0 Å². The summed E-state index contributed by atoms with van der Waals surface area (Å²) in [4.78, 5) is 24.2. The number of ketones is 2. The third kappa shape index (κ3) is 7.42. The van der Waals surface area contributed by atoms with Gasteiger partial charge in [-0.25, -0.2) is 0 Å². The minimum atomic E-state index is -4.67. The van der Waals surface area contributed by atoms with Crippen LogP contribution < -0.4 is 21.2 Å². The topological polar surface area (TPSA) is 109 Å². The molecule has 0 bridgehead atoms. The van der Waals surface area contributed by atoms with E-state index in [4.69, 9.17) is 17.5 Å². The lowest BCUT2D eigenvalue weighted by atomic mass is 9.84. The highest BCUT2D eigenvalue weighted by atomic mass is 127. The molecule has 4 aromatic rings. The first-order valence-corrected chi connectivity index (χ1v) is 13.5. The Labute approximate surface area is 208 Å². The van der Waals surface area contributed by atoms with Gasteiger partial charge in [-0.2, -0.15) is 8.42 Å². The molecular weight excluding hydrogens is 567 g/mol. The molecule has 4 aromatic carbocycles. The van der Waals surface area contributed by atoms with E-state index >= 15 is 0 Å². The normalized spacial score (nSPS) is 11.7. The molecule has 0 aliphatic heterocycles. The van der Waals surface area contributed by atoms with Crippen molar-refractivity contribution in [3.63, 3.8) is 0 Å². The first kappa shape index (κ1) is 25.4. The zero-order valence-electron chi connectivity index (χ0n) is 17.7. The van der Waals surface area contributed by atoms with Gasteiger partial charge >= 0.3 is 31.6 Å². The zero-order chi connectivity index (χ0) is 24.6. The summed E-state index contributed by atoms with van der Waals surface area (Å²) in [7, 11) is -4.67. The maximum Gasteiger partial charge on any atom is 0.394 e. The summed E-state index contributed by atoms with van der Waals surface area (Å²) in [5.74, 6) is -0.128. The predicted octanol–water partition coefficient (Wildman–Crippen LogP) is 1.62. The van der Waals surface area contributed by atoms with Crippen molar-refractivity contribution < 1.29 is 48.3 Å². The van der Waals surface area contributed by atoms with Gasteiger partial charge in [0.15, 0.2) is 18.7 Å². The number of rotatable bonds is 2.